The Morgan fingerprint density at radius 3 is 2.48 bits per heavy atom. The molecule has 0 aliphatic carbocycles. The Morgan fingerprint density at radius 1 is 1.10 bits per heavy atom. The van der Waals surface area contributed by atoms with Crippen LogP contribution in [0.25, 0.3) is 11.2 Å². The van der Waals surface area contributed by atoms with Gasteiger partial charge in [0.15, 0.2) is 16.3 Å². The van der Waals surface area contributed by atoms with Crippen LogP contribution in [-0.4, -0.2) is 47.5 Å². The monoisotopic (exact) mass is 443 g/mol. The van der Waals surface area contributed by atoms with Crippen LogP contribution in [0.4, 0.5) is 5.95 Å². The fraction of sp³-hybridized carbons (Fsp3) is 0.571. The van der Waals surface area contributed by atoms with Gasteiger partial charge in [0, 0.05) is 51.4 Å². The van der Waals surface area contributed by atoms with Gasteiger partial charge in [-0.05, 0) is 31.2 Å². The molecular formula is C21H29N7O2S. The molecule has 4 heterocycles. The lowest BCUT2D eigenvalue weighted by atomic mass is 9.92. The zero-order valence-electron chi connectivity index (χ0n) is 18.7. The van der Waals surface area contributed by atoms with Crippen molar-refractivity contribution >= 4 is 28.9 Å². The van der Waals surface area contributed by atoms with Crippen LogP contribution in [0.3, 0.4) is 0 Å². The Labute approximate surface area is 185 Å². The zero-order chi connectivity index (χ0) is 22.3. The van der Waals surface area contributed by atoms with Crippen molar-refractivity contribution in [3.8, 4) is 0 Å². The van der Waals surface area contributed by atoms with Crippen LogP contribution in [0.2, 0.25) is 0 Å². The number of aromatic nitrogens is 6. The van der Waals surface area contributed by atoms with Gasteiger partial charge in [0.25, 0.3) is 5.56 Å². The van der Waals surface area contributed by atoms with E-state index in [-0.39, 0.29) is 11.2 Å². The quantitative estimate of drug-likeness (QED) is 0.439. The second-order valence-corrected chi connectivity index (χ2v) is 9.68. The van der Waals surface area contributed by atoms with E-state index in [1.807, 2.05) is 17.6 Å². The molecule has 9 nitrogen and oxygen atoms in total. The molecular weight excluding hydrogens is 414 g/mol. The lowest BCUT2D eigenvalue weighted by molar-refractivity contribution is 0.352. The van der Waals surface area contributed by atoms with Crippen LogP contribution in [-0.2, 0) is 20.6 Å². The molecule has 0 unspecified atom stereocenters. The molecule has 0 bridgehead atoms. The summed E-state index contributed by atoms with van der Waals surface area (Å²) in [5.74, 6) is 2.53. The predicted octanol–water partition coefficient (Wildman–Crippen LogP) is 1.81. The maximum absolute atomic E-state index is 13.1. The predicted molar refractivity (Wildman–Crippen MR) is 123 cm³/mol. The molecule has 1 aliphatic rings. The highest BCUT2D eigenvalue weighted by molar-refractivity contribution is 7.99. The van der Waals surface area contributed by atoms with E-state index in [9.17, 15) is 9.59 Å². The first-order valence-electron chi connectivity index (χ1n) is 10.6. The largest absolute Gasteiger partial charge is 0.342 e. The van der Waals surface area contributed by atoms with Gasteiger partial charge in [0.1, 0.15) is 0 Å². The molecule has 10 heteroatoms. The maximum atomic E-state index is 13.1. The molecule has 1 fully saturated rings. The Balaban J connectivity index is 1.76. The van der Waals surface area contributed by atoms with E-state index in [1.165, 1.54) is 18.0 Å². The molecule has 0 radical (unpaired) electrons. The molecule has 2 atom stereocenters. The van der Waals surface area contributed by atoms with Crippen LogP contribution < -0.4 is 16.1 Å². The summed E-state index contributed by atoms with van der Waals surface area (Å²) in [6.07, 6.45) is 2.93. The van der Waals surface area contributed by atoms with Crippen LogP contribution in [0.5, 0.6) is 0 Å². The molecule has 0 N–H and O–H groups in total. The van der Waals surface area contributed by atoms with Crippen molar-refractivity contribution in [3.05, 3.63) is 38.8 Å². The van der Waals surface area contributed by atoms with Gasteiger partial charge in [-0.2, -0.15) is 4.98 Å². The number of hydrogen-bond acceptors (Lipinski definition) is 7. The fourth-order valence-corrected chi connectivity index (χ4v) is 5.24. The molecule has 3 aromatic heterocycles. The van der Waals surface area contributed by atoms with Crippen molar-refractivity contribution in [2.24, 2.45) is 25.9 Å². The van der Waals surface area contributed by atoms with E-state index in [4.69, 9.17) is 4.98 Å². The summed E-state index contributed by atoms with van der Waals surface area (Å²) < 4.78 is 4.59. The topological polar surface area (TPSA) is 90.8 Å². The van der Waals surface area contributed by atoms with Crippen LogP contribution in [0, 0.1) is 18.8 Å². The van der Waals surface area contributed by atoms with Crippen LogP contribution in [0.15, 0.2) is 27.0 Å². The minimum Gasteiger partial charge on any atom is -0.342 e. The van der Waals surface area contributed by atoms with Gasteiger partial charge in [-0.3, -0.25) is 13.9 Å². The highest BCUT2D eigenvalue weighted by atomic mass is 32.2. The molecule has 31 heavy (non-hydrogen) atoms. The Hall–Kier alpha value is -2.62. The molecule has 0 saturated carbocycles. The number of thioether (sulfide) groups is 1. The average Bonchev–Trinajstić information content (AvgIpc) is 3.10. The number of anilines is 1. The molecule has 1 saturated heterocycles. The minimum absolute atomic E-state index is 0.313. The Morgan fingerprint density at radius 2 is 1.81 bits per heavy atom. The Kier molecular flexibility index (Phi) is 5.92. The summed E-state index contributed by atoms with van der Waals surface area (Å²) in [6.45, 7) is 8.77. The fourth-order valence-electron chi connectivity index (χ4n) is 4.44. The van der Waals surface area contributed by atoms with Crippen molar-refractivity contribution < 1.29 is 0 Å². The zero-order valence-corrected chi connectivity index (χ0v) is 19.5. The number of imidazole rings is 1. The summed E-state index contributed by atoms with van der Waals surface area (Å²) in [7, 11) is 3.18. The first-order chi connectivity index (χ1) is 14.8. The lowest BCUT2D eigenvalue weighted by Crippen LogP contribution is -2.40. The summed E-state index contributed by atoms with van der Waals surface area (Å²) >= 11 is 1.55. The Bertz CT molecular complexity index is 1220. The van der Waals surface area contributed by atoms with Crippen molar-refractivity contribution in [3.63, 3.8) is 0 Å². The first-order valence-corrected chi connectivity index (χ1v) is 11.6. The van der Waals surface area contributed by atoms with Crippen LogP contribution in [0.1, 0.15) is 26.0 Å². The molecule has 166 valence electrons. The smallest absolute Gasteiger partial charge is 0.332 e. The van der Waals surface area contributed by atoms with E-state index in [2.05, 4.69) is 28.7 Å². The maximum Gasteiger partial charge on any atom is 0.332 e. The van der Waals surface area contributed by atoms with Crippen molar-refractivity contribution in [2.45, 2.75) is 38.9 Å². The molecule has 3 aromatic rings. The van der Waals surface area contributed by atoms with Gasteiger partial charge in [-0.15, -0.1) is 0 Å². The third-order valence-electron chi connectivity index (χ3n) is 5.80. The third-order valence-corrected chi connectivity index (χ3v) is 6.64. The highest BCUT2D eigenvalue weighted by Gasteiger charge is 2.28. The summed E-state index contributed by atoms with van der Waals surface area (Å²) in [5, 5.41) is 0.714. The number of rotatable bonds is 5. The van der Waals surface area contributed by atoms with Crippen molar-refractivity contribution in [2.75, 3.05) is 23.7 Å². The number of nitrogens with zero attached hydrogens (tertiary/aromatic N) is 7. The first kappa shape index (κ1) is 21.6. The minimum atomic E-state index is -0.364. The number of hydrogen-bond donors (Lipinski definition) is 0. The highest BCUT2D eigenvalue weighted by Crippen LogP contribution is 2.28. The standard InChI is InChI=1S/C21H29N7O2S/c1-13-10-14(2)12-27(11-13)20-24-17-16(18(29)26(5)21(30)25(17)4)28(20)8-9-31-19-22-7-6-15(3)23-19/h6-7,13-14H,8-12H2,1-5H3/t13-,14-/m0/s1. The van der Waals surface area contributed by atoms with Crippen molar-refractivity contribution in [1.82, 2.24) is 28.7 Å². The van der Waals surface area contributed by atoms with E-state index in [1.54, 1.807) is 25.0 Å². The van der Waals surface area contributed by atoms with Gasteiger partial charge in [0.2, 0.25) is 5.95 Å². The van der Waals surface area contributed by atoms with Crippen LogP contribution >= 0.6 is 11.8 Å². The summed E-state index contributed by atoms with van der Waals surface area (Å²) in [4.78, 5) is 41.4. The van der Waals surface area contributed by atoms with E-state index >= 15 is 0 Å². The number of fused-ring (bicyclic) bond motifs is 1. The van der Waals surface area contributed by atoms with Gasteiger partial charge < -0.3 is 9.47 Å². The average molecular weight is 444 g/mol. The van der Waals surface area contributed by atoms with Crippen molar-refractivity contribution in [1.29, 1.82) is 0 Å². The second kappa shape index (κ2) is 8.49. The van der Waals surface area contributed by atoms with E-state index in [0.29, 0.717) is 40.5 Å². The van der Waals surface area contributed by atoms with E-state index < -0.39 is 0 Å². The van der Waals surface area contributed by atoms with Gasteiger partial charge in [-0.25, -0.2) is 14.8 Å². The molecule has 4 rings (SSSR count). The van der Waals surface area contributed by atoms with Gasteiger partial charge in [-0.1, -0.05) is 25.6 Å². The third kappa shape index (κ3) is 4.13. The molecule has 0 amide bonds. The van der Waals surface area contributed by atoms with E-state index in [0.717, 1.165) is 29.3 Å². The second-order valence-electron chi connectivity index (χ2n) is 8.62. The number of aryl methyl sites for hydroxylation is 3. The van der Waals surface area contributed by atoms with Gasteiger partial charge in [0.05, 0.1) is 0 Å². The lowest BCUT2D eigenvalue weighted by Gasteiger charge is -2.35. The number of piperidine rings is 1. The normalized spacial score (nSPS) is 19.3. The molecule has 0 aromatic carbocycles. The molecule has 1 aliphatic heterocycles. The SMILES string of the molecule is Cc1ccnc(SCCn2c(N3C[C@@H](C)C[C@H](C)C3)nc3c2c(=O)n(C)c(=O)n3C)n1. The summed E-state index contributed by atoms with van der Waals surface area (Å²) in [5.41, 5.74) is 1.15. The van der Waals surface area contributed by atoms with Gasteiger partial charge >= 0.3 is 5.69 Å². The molecule has 0 spiro atoms. The summed E-state index contributed by atoms with van der Waals surface area (Å²) in [6, 6.07) is 1.87.